The number of amides is 2. The number of aromatic nitrogens is 2. The number of nitrogens with zero attached hydrogens (tertiary/aromatic N) is 4. The highest BCUT2D eigenvalue weighted by atomic mass is 16.2. The van der Waals surface area contributed by atoms with E-state index in [1.807, 2.05) is 4.90 Å². The number of hydrogen-bond donors (Lipinski definition) is 1. The van der Waals surface area contributed by atoms with Crippen LogP contribution in [-0.2, 0) is 21.5 Å². The lowest BCUT2D eigenvalue weighted by Gasteiger charge is -2.52. The van der Waals surface area contributed by atoms with Gasteiger partial charge in [-0.25, -0.2) is 4.98 Å². The first-order valence-electron chi connectivity index (χ1n) is 11.5. The molecule has 1 aromatic heterocycles. The summed E-state index contributed by atoms with van der Waals surface area (Å²) in [5.74, 6) is 0.758. The van der Waals surface area contributed by atoms with Crippen molar-refractivity contribution < 1.29 is 9.59 Å². The molecular weight excluding hydrogens is 366 g/mol. The number of hydrogen-bond acceptors (Lipinski definition) is 4. The fourth-order valence-electron chi connectivity index (χ4n) is 5.83. The maximum Gasteiger partial charge on any atom is 0.239 e. The molecule has 7 nitrogen and oxygen atoms in total. The molecular formula is C22H33N5O2. The third-order valence-electron chi connectivity index (χ3n) is 7.93. The molecule has 1 saturated carbocycles. The summed E-state index contributed by atoms with van der Waals surface area (Å²) in [6.45, 7) is 6.30. The highest BCUT2D eigenvalue weighted by Gasteiger charge is 2.50. The number of H-pyrrole nitrogens is 1. The SMILES string of the molecule is C[C@@H](C(=O)N1CCC2(CC1)c1nc[nH]c1CCN2C(=O)C1CCC1)N1CCCC1. The third-order valence-corrected chi connectivity index (χ3v) is 7.93. The summed E-state index contributed by atoms with van der Waals surface area (Å²) in [6, 6.07) is -0.0356. The Morgan fingerprint density at radius 1 is 1.10 bits per heavy atom. The van der Waals surface area contributed by atoms with Gasteiger partial charge in [0.2, 0.25) is 11.8 Å². The number of imidazole rings is 1. The molecule has 0 radical (unpaired) electrons. The molecule has 2 saturated heterocycles. The first-order valence-corrected chi connectivity index (χ1v) is 11.5. The Bertz CT molecular complexity index is 772. The first-order chi connectivity index (χ1) is 14.1. The summed E-state index contributed by atoms with van der Waals surface area (Å²) in [4.78, 5) is 40.9. The molecule has 1 N–H and O–H groups in total. The number of rotatable bonds is 3. The zero-order chi connectivity index (χ0) is 20.0. The molecule has 1 aromatic rings. The van der Waals surface area contributed by atoms with Crippen molar-refractivity contribution in [2.24, 2.45) is 5.92 Å². The normalized spacial score (nSPS) is 25.7. The Hall–Kier alpha value is -1.89. The Morgan fingerprint density at radius 3 is 2.48 bits per heavy atom. The highest BCUT2D eigenvalue weighted by Crippen LogP contribution is 2.44. The van der Waals surface area contributed by atoms with E-state index in [1.165, 1.54) is 25.0 Å². The topological polar surface area (TPSA) is 72.5 Å². The van der Waals surface area contributed by atoms with Crippen molar-refractivity contribution in [3.63, 3.8) is 0 Å². The van der Waals surface area contributed by atoms with Crippen molar-refractivity contribution in [1.82, 2.24) is 24.7 Å². The van der Waals surface area contributed by atoms with E-state index in [9.17, 15) is 9.59 Å². The minimum absolute atomic E-state index is 0.0356. The Balaban J connectivity index is 1.35. The van der Waals surface area contributed by atoms with E-state index in [2.05, 4.69) is 26.7 Å². The lowest BCUT2D eigenvalue weighted by molar-refractivity contribution is -0.151. The molecule has 3 fully saturated rings. The molecule has 1 aliphatic carbocycles. The van der Waals surface area contributed by atoms with Crippen LogP contribution in [0.15, 0.2) is 6.33 Å². The van der Waals surface area contributed by atoms with Crippen LogP contribution in [0.5, 0.6) is 0 Å². The van der Waals surface area contributed by atoms with Gasteiger partial charge < -0.3 is 14.8 Å². The number of fused-ring (bicyclic) bond motifs is 2. The number of likely N-dealkylation sites (tertiary alicyclic amines) is 2. The first kappa shape index (κ1) is 19.1. The van der Waals surface area contributed by atoms with Crippen LogP contribution >= 0.6 is 0 Å². The van der Waals surface area contributed by atoms with Crippen LogP contribution < -0.4 is 0 Å². The van der Waals surface area contributed by atoms with Gasteiger partial charge in [0.25, 0.3) is 0 Å². The molecule has 5 rings (SSSR count). The van der Waals surface area contributed by atoms with E-state index in [1.54, 1.807) is 6.33 Å². The molecule has 29 heavy (non-hydrogen) atoms. The lowest BCUT2D eigenvalue weighted by atomic mass is 9.76. The van der Waals surface area contributed by atoms with Gasteiger partial charge in [-0.15, -0.1) is 0 Å². The van der Waals surface area contributed by atoms with Crippen LogP contribution in [-0.4, -0.2) is 75.2 Å². The molecule has 0 unspecified atom stereocenters. The molecule has 0 aromatic carbocycles. The molecule has 7 heteroatoms. The van der Waals surface area contributed by atoms with Gasteiger partial charge >= 0.3 is 0 Å². The molecule has 1 atom stereocenters. The quantitative estimate of drug-likeness (QED) is 0.843. The number of aromatic amines is 1. The van der Waals surface area contributed by atoms with E-state index in [-0.39, 0.29) is 23.4 Å². The van der Waals surface area contributed by atoms with Crippen molar-refractivity contribution in [1.29, 1.82) is 0 Å². The minimum atomic E-state index is -0.339. The second kappa shape index (κ2) is 7.42. The number of nitrogens with one attached hydrogen (secondary N) is 1. The van der Waals surface area contributed by atoms with Crippen molar-refractivity contribution in [3.8, 4) is 0 Å². The van der Waals surface area contributed by atoms with Crippen molar-refractivity contribution >= 4 is 11.8 Å². The summed E-state index contributed by atoms with van der Waals surface area (Å²) in [5.41, 5.74) is 1.89. The minimum Gasteiger partial charge on any atom is -0.348 e. The monoisotopic (exact) mass is 399 g/mol. The Labute approximate surface area is 172 Å². The zero-order valence-electron chi connectivity index (χ0n) is 17.5. The summed E-state index contributed by atoms with van der Waals surface area (Å²) in [7, 11) is 0. The van der Waals surface area contributed by atoms with E-state index >= 15 is 0 Å². The van der Waals surface area contributed by atoms with E-state index in [4.69, 9.17) is 0 Å². The van der Waals surface area contributed by atoms with Crippen LogP contribution in [0, 0.1) is 5.92 Å². The molecule has 3 aliphatic heterocycles. The van der Waals surface area contributed by atoms with Crippen molar-refractivity contribution in [2.45, 2.75) is 69.9 Å². The Morgan fingerprint density at radius 2 is 1.83 bits per heavy atom. The van der Waals surface area contributed by atoms with E-state index < -0.39 is 0 Å². The van der Waals surface area contributed by atoms with Crippen LogP contribution in [0.25, 0.3) is 0 Å². The van der Waals surface area contributed by atoms with Gasteiger partial charge in [-0.3, -0.25) is 14.5 Å². The van der Waals surface area contributed by atoms with Gasteiger partial charge in [0.1, 0.15) is 0 Å². The number of piperidine rings is 1. The van der Waals surface area contributed by atoms with Gasteiger partial charge in [-0.1, -0.05) is 6.42 Å². The fourth-order valence-corrected chi connectivity index (χ4v) is 5.83. The average Bonchev–Trinajstić information content (AvgIpc) is 3.38. The predicted octanol–water partition coefficient (Wildman–Crippen LogP) is 1.90. The summed E-state index contributed by atoms with van der Waals surface area (Å²) in [6.07, 6.45) is 9.82. The maximum absolute atomic E-state index is 13.3. The van der Waals surface area contributed by atoms with Gasteiger partial charge in [0, 0.05) is 37.7 Å². The van der Waals surface area contributed by atoms with Gasteiger partial charge in [-0.2, -0.15) is 0 Å². The van der Waals surface area contributed by atoms with Gasteiger partial charge in [0.05, 0.1) is 23.6 Å². The maximum atomic E-state index is 13.3. The molecule has 0 bridgehead atoms. The smallest absolute Gasteiger partial charge is 0.239 e. The van der Waals surface area contributed by atoms with Crippen LogP contribution in [0.1, 0.15) is 63.3 Å². The summed E-state index contributed by atoms with van der Waals surface area (Å²) in [5, 5.41) is 0. The highest BCUT2D eigenvalue weighted by molar-refractivity contribution is 5.82. The Kier molecular flexibility index (Phi) is 4.88. The lowest BCUT2D eigenvalue weighted by Crippen LogP contribution is -2.61. The van der Waals surface area contributed by atoms with Gasteiger partial charge in [-0.05, 0) is 58.5 Å². The van der Waals surface area contributed by atoms with E-state index in [0.29, 0.717) is 19.0 Å². The average molecular weight is 400 g/mol. The third kappa shape index (κ3) is 3.09. The fraction of sp³-hybridized carbons (Fsp3) is 0.773. The largest absolute Gasteiger partial charge is 0.348 e. The molecule has 4 aliphatic rings. The van der Waals surface area contributed by atoms with Crippen molar-refractivity contribution in [2.75, 3.05) is 32.7 Å². The van der Waals surface area contributed by atoms with E-state index in [0.717, 1.165) is 57.4 Å². The summed E-state index contributed by atoms with van der Waals surface area (Å²) >= 11 is 0. The zero-order valence-corrected chi connectivity index (χ0v) is 17.5. The molecule has 2 amide bonds. The molecule has 4 heterocycles. The summed E-state index contributed by atoms with van der Waals surface area (Å²) < 4.78 is 0. The predicted molar refractivity (Wildman–Crippen MR) is 109 cm³/mol. The van der Waals surface area contributed by atoms with Gasteiger partial charge in [0.15, 0.2) is 0 Å². The number of carbonyl (C=O) groups is 2. The van der Waals surface area contributed by atoms with Crippen LogP contribution in [0.4, 0.5) is 0 Å². The second-order valence-corrected chi connectivity index (χ2v) is 9.37. The standard InChI is InChI=1S/C22H33N5O2/c1-16(25-10-2-3-11-25)20(28)26-13-8-22(9-14-26)19-18(23-15-24-19)7-12-27(22)21(29)17-5-4-6-17/h15-17H,2-14H2,1H3,(H,23,24)/t16-/m0/s1. The second-order valence-electron chi connectivity index (χ2n) is 9.37. The molecule has 1 spiro atoms. The molecule has 158 valence electrons. The number of carbonyl (C=O) groups excluding carboxylic acids is 2. The van der Waals surface area contributed by atoms with Crippen LogP contribution in [0.2, 0.25) is 0 Å². The van der Waals surface area contributed by atoms with Crippen LogP contribution in [0.3, 0.4) is 0 Å². The van der Waals surface area contributed by atoms with Crippen molar-refractivity contribution in [3.05, 3.63) is 17.7 Å².